The van der Waals surface area contributed by atoms with Crippen LogP contribution in [0.5, 0.6) is 0 Å². The second-order valence-corrected chi connectivity index (χ2v) is 6.79. The summed E-state index contributed by atoms with van der Waals surface area (Å²) in [6.45, 7) is 1.78. The number of carbonyl (C=O) groups is 1. The molecule has 5 nitrogen and oxygen atoms in total. The average molecular weight is 320 g/mol. The molecule has 0 aromatic heterocycles. The van der Waals surface area contributed by atoms with Crippen molar-refractivity contribution in [3.8, 4) is 0 Å². The van der Waals surface area contributed by atoms with Gasteiger partial charge in [0, 0.05) is 4.47 Å². The van der Waals surface area contributed by atoms with E-state index in [1.54, 1.807) is 19.1 Å². The Morgan fingerprint density at radius 2 is 2.18 bits per heavy atom. The quantitative estimate of drug-likeness (QED) is 0.817. The third-order valence-electron chi connectivity index (χ3n) is 2.54. The molecule has 0 spiro atoms. The van der Waals surface area contributed by atoms with Crippen molar-refractivity contribution in [1.82, 2.24) is 0 Å². The highest BCUT2D eigenvalue weighted by Gasteiger charge is 2.35. The maximum absolute atomic E-state index is 12.0. The van der Waals surface area contributed by atoms with Crippen LogP contribution in [0.1, 0.15) is 5.56 Å². The molecule has 0 aliphatic carbocycles. The third kappa shape index (κ3) is 2.16. The van der Waals surface area contributed by atoms with E-state index in [-0.39, 0.29) is 4.90 Å². The van der Waals surface area contributed by atoms with Gasteiger partial charge in [-0.2, -0.15) is 0 Å². The molecular formula is C10H10BrNO4S. The molecule has 1 unspecified atom stereocenters. The summed E-state index contributed by atoms with van der Waals surface area (Å²) in [5.74, 6) is -1.60. The van der Waals surface area contributed by atoms with Crippen LogP contribution in [0.15, 0.2) is 21.5 Å². The Bertz CT molecular complexity index is 597. The van der Waals surface area contributed by atoms with Gasteiger partial charge in [-0.3, -0.25) is 0 Å². The molecule has 0 saturated carbocycles. The molecule has 1 aliphatic rings. The minimum Gasteiger partial charge on any atom is -0.480 e. The van der Waals surface area contributed by atoms with Crippen molar-refractivity contribution in [2.45, 2.75) is 17.9 Å². The summed E-state index contributed by atoms with van der Waals surface area (Å²) in [5.41, 5.74) is 1.13. The Hall–Kier alpha value is -1.08. The third-order valence-corrected chi connectivity index (χ3v) is 4.93. The van der Waals surface area contributed by atoms with Gasteiger partial charge in [0.1, 0.15) is 6.04 Å². The molecule has 1 aromatic rings. The molecule has 0 fully saturated rings. The zero-order chi connectivity index (χ0) is 12.8. The molecular weight excluding hydrogens is 310 g/mol. The molecule has 1 aromatic carbocycles. The second-order valence-electron chi connectivity index (χ2n) is 3.94. The molecule has 2 N–H and O–H groups in total. The van der Waals surface area contributed by atoms with Crippen LogP contribution in [0.2, 0.25) is 0 Å². The van der Waals surface area contributed by atoms with Gasteiger partial charge in [0.2, 0.25) is 0 Å². The highest BCUT2D eigenvalue weighted by molar-refractivity contribution is 9.10. The summed E-state index contributed by atoms with van der Waals surface area (Å²) in [6.07, 6.45) is 0. The Kier molecular flexibility index (Phi) is 2.90. The van der Waals surface area contributed by atoms with Crippen LogP contribution in [0.25, 0.3) is 0 Å². The van der Waals surface area contributed by atoms with Crippen molar-refractivity contribution in [1.29, 1.82) is 0 Å². The maximum Gasteiger partial charge on any atom is 0.327 e. The van der Waals surface area contributed by atoms with Crippen LogP contribution in [-0.2, 0) is 14.6 Å². The molecule has 0 radical (unpaired) electrons. The number of aliphatic carboxylic acids is 1. The van der Waals surface area contributed by atoms with E-state index in [9.17, 15) is 13.2 Å². The Morgan fingerprint density at radius 3 is 2.76 bits per heavy atom. The molecule has 0 amide bonds. The first-order chi connectivity index (χ1) is 7.81. The van der Waals surface area contributed by atoms with Crippen LogP contribution < -0.4 is 5.32 Å². The lowest BCUT2D eigenvalue weighted by molar-refractivity contribution is -0.137. The normalized spacial score (nSPS) is 21.4. The Balaban J connectivity index is 2.65. The number of hydrogen-bond acceptors (Lipinski definition) is 4. The van der Waals surface area contributed by atoms with Gasteiger partial charge in [-0.15, -0.1) is 0 Å². The number of fused-ring (bicyclic) bond motifs is 1. The molecule has 92 valence electrons. The SMILES string of the molecule is Cc1cc(Br)c2c(c1)S(=O)(=O)CC(C(=O)O)N2. The number of halogens is 1. The molecule has 1 heterocycles. The van der Waals surface area contributed by atoms with E-state index in [0.717, 1.165) is 5.56 Å². The summed E-state index contributed by atoms with van der Waals surface area (Å²) in [4.78, 5) is 11.0. The van der Waals surface area contributed by atoms with Gasteiger partial charge in [-0.1, -0.05) is 0 Å². The number of sulfone groups is 1. The smallest absolute Gasteiger partial charge is 0.327 e. The van der Waals surface area contributed by atoms with E-state index in [4.69, 9.17) is 5.11 Å². The van der Waals surface area contributed by atoms with E-state index in [1.165, 1.54) is 0 Å². The summed E-state index contributed by atoms with van der Waals surface area (Å²) in [5, 5.41) is 11.6. The molecule has 1 atom stereocenters. The van der Waals surface area contributed by atoms with Crippen molar-refractivity contribution < 1.29 is 18.3 Å². The van der Waals surface area contributed by atoms with Gasteiger partial charge >= 0.3 is 5.97 Å². The number of nitrogens with one attached hydrogen (secondary N) is 1. The predicted octanol–water partition coefficient (Wildman–Crippen LogP) is 1.41. The molecule has 1 aliphatic heterocycles. The van der Waals surface area contributed by atoms with Gasteiger partial charge in [0.05, 0.1) is 16.3 Å². The summed E-state index contributed by atoms with van der Waals surface area (Å²) < 4.78 is 24.5. The topological polar surface area (TPSA) is 83.5 Å². The van der Waals surface area contributed by atoms with E-state index >= 15 is 0 Å². The number of anilines is 1. The van der Waals surface area contributed by atoms with Gasteiger partial charge in [-0.05, 0) is 40.5 Å². The number of aryl methyl sites for hydroxylation is 1. The Labute approximate surface area is 107 Å². The number of carboxylic acids is 1. The van der Waals surface area contributed by atoms with Crippen molar-refractivity contribution in [2.24, 2.45) is 0 Å². The van der Waals surface area contributed by atoms with Crippen molar-refractivity contribution in [2.75, 3.05) is 11.1 Å². The number of rotatable bonds is 1. The fourth-order valence-corrected chi connectivity index (χ4v) is 4.26. The lowest BCUT2D eigenvalue weighted by Crippen LogP contribution is -2.40. The monoisotopic (exact) mass is 319 g/mol. The van der Waals surface area contributed by atoms with Crippen LogP contribution >= 0.6 is 15.9 Å². The first-order valence-electron chi connectivity index (χ1n) is 4.83. The van der Waals surface area contributed by atoms with E-state index in [1.807, 2.05) is 0 Å². The first-order valence-corrected chi connectivity index (χ1v) is 7.28. The van der Waals surface area contributed by atoms with E-state index in [2.05, 4.69) is 21.2 Å². The summed E-state index contributed by atoms with van der Waals surface area (Å²) in [6, 6.07) is 2.18. The van der Waals surface area contributed by atoms with E-state index in [0.29, 0.717) is 10.2 Å². The molecule has 0 bridgehead atoms. The van der Waals surface area contributed by atoms with Crippen LogP contribution in [0, 0.1) is 6.92 Å². The van der Waals surface area contributed by atoms with Gasteiger partial charge in [0.25, 0.3) is 0 Å². The van der Waals surface area contributed by atoms with Crippen molar-refractivity contribution in [3.05, 3.63) is 22.2 Å². The van der Waals surface area contributed by atoms with Crippen LogP contribution in [-0.4, -0.2) is 31.3 Å². The molecule has 2 rings (SSSR count). The predicted molar refractivity (Wildman–Crippen MR) is 66.0 cm³/mol. The highest BCUT2D eigenvalue weighted by atomic mass is 79.9. The van der Waals surface area contributed by atoms with Crippen LogP contribution in [0.4, 0.5) is 5.69 Å². The number of benzene rings is 1. The fraction of sp³-hybridized carbons (Fsp3) is 0.300. The van der Waals surface area contributed by atoms with E-state index < -0.39 is 27.6 Å². The maximum atomic E-state index is 12.0. The highest BCUT2D eigenvalue weighted by Crippen LogP contribution is 2.36. The van der Waals surface area contributed by atoms with Gasteiger partial charge in [-0.25, -0.2) is 13.2 Å². The number of carboxylic acid groups (broad SMARTS) is 1. The average Bonchev–Trinajstić information content (AvgIpc) is 2.18. The molecule has 7 heteroatoms. The minimum absolute atomic E-state index is 0.155. The summed E-state index contributed by atoms with van der Waals surface area (Å²) >= 11 is 3.24. The number of hydrogen-bond donors (Lipinski definition) is 2. The Morgan fingerprint density at radius 1 is 1.53 bits per heavy atom. The first kappa shape index (κ1) is 12.4. The molecule has 0 saturated heterocycles. The van der Waals surface area contributed by atoms with Crippen molar-refractivity contribution >= 4 is 37.4 Å². The zero-order valence-corrected chi connectivity index (χ0v) is 11.3. The lowest BCUT2D eigenvalue weighted by Gasteiger charge is -2.25. The van der Waals surface area contributed by atoms with Crippen LogP contribution in [0.3, 0.4) is 0 Å². The zero-order valence-electron chi connectivity index (χ0n) is 8.90. The second kappa shape index (κ2) is 3.99. The van der Waals surface area contributed by atoms with Gasteiger partial charge in [0.15, 0.2) is 9.84 Å². The standard InChI is InChI=1S/C10H10BrNO4S/c1-5-2-6(11)9-8(3-5)17(15,16)4-7(12-9)10(13)14/h2-3,7,12H,4H2,1H3,(H,13,14). The summed E-state index contributed by atoms with van der Waals surface area (Å²) in [7, 11) is -3.55. The lowest BCUT2D eigenvalue weighted by atomic mass is 10.2. The molecule has 17 heavy (non-hydrogen) atoms. The van der Waals surface area contributed by atoms with Gasteiger partial charge < -0.3 is 10.4 Å². The fourth-order valence-electron chi connectivity index (χ4n) is 1.75. The van der Waals surface area contributed by atoms with Crippen molar-refractivity contribution in [3.63, 3.8) is 0 Å². The largest absolute Gasteiger partial charge is 0.480 e. The minimum atomic E-state index is -3.55.